The van der Waals surface area contributed by atoms with Gasteiger partial charge in [-0.05, 0) is 396 Å². The van der Waals surface area contributed by atoms with Crippen LogP contribution in [0.2, 0.25) is 0 Å². The second-order valence-corrected chi connectivity index (χ2v) is 35.1. The SMILES string of the molecule is Cc1ccc(OC(=O)OC(C)(C)C)c(C#Cc2ccc(N(c3ccc(C#Cc4cc(C)ccc4OC(=O)OC(C)(C)C)c(C)c3)c3ccc(C#Cc4cc(C)ccc4OC(=O)OC(C)(C)C)c(C)c3)cc2C)c1.Cc1ccc2oc(-c3ccc(N(c4ccc(-c5cc6cc(C)ccc6o5)c(C)c4)c4ccc(-c5cc6cc(C)ccc6o5)c(C)c4)cc3C)cc2c1. The summed E-state index contributed by atoms with van der Waals surface area (Å²) in [7, 11) is 0. The van der Waals surface area contributed by atoms with E-state index in [-0.39, 0.29) is 0 Å². The summed E-state index contributed by atoms with van der Waals surface area (Å²) < 4.78 is 52.0. The van der Waals surface area contributed by atoms with Gasteiger partial charge in [-0.3, -0.25) is 0 Å². The van der Waals surface area contributed by atoms with E-state index in [9.17, 15) is 14.4 Å². The van der Waals surface area contributed by atoms with Gasteiger partial charge in [-0.25, -0.2) is 14.4 Å². The highest BCUT2D eigenvalue weighted by Gasteiger charge is 2.26. The van der Waals surface area contributed by atoms with E-state index < -0.39 is 35.3 Å². The number of nitrogens with zero attached hydrogens (tertiary/aromatic N) is 2. The Balaban J connectivity index is 0.000000214. The molecule has 0 amide bonds. The molecule has 15 rings (SSSR count). The lowest BCUT2D eigenvalue weighted by molar-refractivity contribution is 0.0192. The predicted octanol–water partition coefficient (Wildman–Crippen LogP) is 29.4. The minimum absolute atomic E-state index is 0.307. The fourth-order valence-electron chi connectivity index (χ4n) is 14.7. The van der Waals surface area contributed by atoms with Gasteiger partial charge in [-0.2, -0.15) is 0 Å². The maximum Gasteiger partial charge on any atom is 0.514 e. The molecule has 15 aromatic rings. The summed E-state index contributed by atoms with van der Waals surface area (Å²) in [5.74, 6) is 23.2. The summed E-state index contributed by atoms with van der Waals surface area (Å²) in [5.41, 5.74) is 26.3. The van der Waals surface area contributed by atoms with E-state index in [1.165, 1.54) is 16.7 Å². The summed E-state index contributed by atoms with van der Waals surface area (Å²) in [6.07, 6.45) is -2.41. The van der Waals surface area contributed by atoms with Crippen LogP contribution in [-0.2, 0) is 14.2 Å². The van der Waals surface area contributed by atoms with Crippen molar-refractivity contribution in [1.82, 2.24) is 0 Å². The predicted molar refractivity (Wildman–Crippen MR) is 503 cm³/mol. The van der Waals surface area contributed by atoms with Crippen LogP contribution in [0, 0.1) is 119 Å². The molecular weight excluding hydrogens is 1550 g/mol. The zero-order chi connectivity index (χ0) is 89.1. The smallest absolute Gasteiger partial charge is 0.456 e. The van der Waals surface area contributed by atoms with Crippen molar-refractivity contribution >= 4 is 85.5 Å². The van der Waals surface area contributed by atoms with E-state index in [4.69, 9.17) is 41.7 Å². The van der Waals surface area contributed by atoms with Gasteiger partial charge in [0.25, 0.3) is 0 Å². The van der Waals surface area contributed by atoms with Gasteiger partial charge >= 0.3 is 18.5 Å². The van der Waals surface area contributed by atoms with Crippen molar-refractivity contribution in [2.24, 2.45) is 0 Å². The van der Waals surface area contributed by atoms with Gasteiger partial charge in [-0.1, -0.05) is 88.6 Å². The van der Waals surface area contributed by atoms with Crippen LogP contribution in [0.1, 0.15) is 162 Å². The number of carbonyl (C=O) groups is 3. The Morgan fingerprint density at radius 1 is 0.248 bits per heavy atom. The quantitative estimate of drug-likeness (QED) is 0.0493. The third-order valence-corrected chi connectivity index (χ3v) is 20.8. The summed E-state index contributed by atoms with van der Waals surface area (Å²) >= 11 is 0. The molecule has 0 atom stereocenters. The first-order valence-corrected chi connectivity index (χ1v) is 41.7. The van der Waals surface area contributed by atoms with Crippen molar-refractivity contribution in [2.75, 3.05) is 9.80 Å². The molecule has 125 heavy (non-hydrogen) atoms. The Hall–Kier alpha value is -14.7. The number of ether oxygens (including phenoxy) is 6. The third-order valence-electron chi connectivity index (χ3n) is 20.8. The average Bonchev–Trinajstić information content (AvgIpc) is 1.61. The summed E-state index contributed by atoms with van der Waals surface area (Å²) in [6.45, 7) is 40.7. The van der Waals surface area contributed by atoms with E-state index in [1.807, 2.05) is 114 Å². The van der Waals surface area contributed by atoms with Gasteiger partial charge in [0, 0.05) is 83.7 Å². The molecule has 0 aliphatic heterocycles. The number of hydrogen-bond donors (Lipinski definition) is 0. The molecule has 628 valence electrons. The Morgan fingerprint density at radius 2 is 0.472 bits per heavy atom. The van der Waals surface area contributed by atoms with Crippen LogP contribution in [0.3, 0.4) is 0 Å². The molecule has 0 fully saturated rings. The number of rotatable bonds is 12. The molecule has 12 aromatic carbocycles. The van der Waals surface area contributed by atoms with Crippen LogP contribution in [0.5, 0.6) is 17.2 Å². The first-order chi connectivity index (χ1) is 59.3. The molecule has 0 aliphatic rings. The first kappa shape index (κ1) is 86.7. The van der Waals surface area contributed by atoms with Crippen molar-refractivity contribution in [3.8, 4) is 86.7 Å². The molecule has 0 bridgehead atoms. The number of anilines is 6. The monoisotopic (exact) mass is 1650 g/mol. The van der Waals surface area contributed by atoms with Gasteiger partial charge in [0.05, 0.1) is 16.7 Å². The Bertz CT molecular complexity index is 6290. The largest absolute Gasteiger partial charge is 0.514 e. The molecule has 0 unspecified atom stereocenters. The van der Waals surface area contributed by atoms with E-state index in [1.54, 1.807) is 80.5 Å². The molecule has 3 heterocycles. The Morgan fingerprint density at radius 3 is 0.712 bits per heavy atom. The minimum atomic E-state index is -0.804. The normalized spacial score (nSPS) is 11.3. The minimum Gasteiger partial charge on any atom is -0.456 e. The summed E-state index contributed by atoms with van der Waals surface area (Å²) in [5, 5.41) is 3.35. The first-order valence-electron chi connectivity index (χ1n) is 41.7. The Kier molecular flexibility index (Phi) is 24.8. The molecule has 0 aliphatic carbocycles. The van der Waals surface area contributed by atoms with Crippen LogP contribution < -0.4 is 24.0 Å². The molecule has 0 N–H and O–H groups in total. The van der Waals surface area contributed by atoms with Gasteiger partial charge < -0.3 is 51.5 Å². The van der Waals surface area contributed by atoms with Gasteiger partial charge in [0.2, 0.25) is 0 Å². The highest BCUT2D eigenvalue weighted by atomic mass is 16.7. The zero-order valence-corrected chi connectivity index (χ0v) is 74.8. The van der Waals surface area contributed by atoms with Crippen molar-refractivity contribution < 1.29 is 56.1 Å². The third kappa shape index (κ3) is 21.3. The molecular formula is C111H102N2O12. The van der Waals surface area contributed by atoms with E-state index in [0.29, 0.717) is 33.9 Å². The lowest BCUT2D eigenvalue weighted by Gasteiger charge is -2.27. The van der Waals surface area contributed by atoms with Crippen molar-refractivity contribution in [3.63, 3.8) is 0 Å². The highest BCUT2D eigenvalue weighted by molar-refractivity contribution is 5.90. The van der Waals surface area contributed by atoms with Crippen LogP contribution in [0.25, 0.3) is 66.9 Å². The fourth-order valence-corrected chi connectivity index (χ4v) is 14.7. The lowest BCUT2D eigenvalue weighted by atomic mass is 10.0. The van der Waals surface area contributed by atoms with Crippen LogP contribution >= 0.6 is 0 Å². The van der Waals surface area contributed by atoms with E-state index in [2.05, 4.69) is 232 Å². The van der Waals surface area contributed by atoms with Crippen molar-refractivity contribution in [3.05, 3.63) is 337 Å². The fraction of sp³-hybridized carbons (Fsp3) is 0.216. The van der Waals surface area contributed by atoms with Gasteiger partial charge in [0.1, 0.15) is 68.1 Å². The Labute approximate surface area is 732 Å². The second kappa shape index (κ2) is 35.8. The number of aryl methyl sites for hydroxylation is 12. The van der Waals surface area contributed by atoms with Gasteiger partial charge in [-0.15, -0.1) is 0 Å². The molecule has 0 saturated carbocycles. The number of fused-ring (bicyclic) bond motifs is 3. The molecule has 0 saturated heterocycles. The molecule has 0 spiro atoms. The summed E-state index contributed by atoms with van der Waals surface area (Å²) in [4.78, 5) is 42.4. The van der Waals surface area contributed by atoms with Crippen LogP contribution in [0.4, 0.5) is 48.5 Å². The second-order valence-electron chi connectivity index (χ2n) is 35.1. The molecule has 0 radical (unpaired) electrons. The molecule has 14 heteroatoms. The average molecular weight is 1660 g/mol. The topological polar surface area (TPSA) is 152 Å². The number of hydrogen-bond acceptors (Lipinski definition) is 14. The van der Waals surface area contributed by atoms with Crippen molar-refractivity contribution in [1.29, 1.82) is 0 Å². The van der Waals surface area contributed by atoms with Crippen LogP contribution in [-0.4, -0.2) is 35.3 Å². The summed E-state index contributed by atoms with van der Waals surface area (Å²) in [6, 6.07) is 79.8. The number of carbonyl (C=O) groups excluding carboxylic acids is 3. The maximum absolute atomic E-state index is 12.6. The molecule has 14 nitrogen and oxygen atoms in total. The number of furan rings is 3. The highest BCUT2D eigenvalue weighted by Crippen LogP contribution is 2.44. The van der Waals surface area contributed by atoms with Gasteiger partial charge in [0.15, 0.2) is 0 Å². The van der Waals surface area contributed by atoms with Crippen LogP contribution in [0.15, 0.2) is 250 Å². The lowest BCUT2D eigenvalue weighted by Crippen LogP contribution is -2.26. The van der Waals surface area contributed by atoms with E-state index in [0.717, 1.165) is 168 Å². The standard InChI is InChI=1S/C63H63NO9.C48H39NO3/c1-40-16-31-55(68-58(65)71-61(7,8)9)49(34-40)22-19-46-25-28-52(37-43(46)4)64(53-29-26-47(44(5)38-53)20-23-50-35-41(2)17-32-56(50)69-59(66)72-62(10,11)12)54-30-27-48(45(6)39-54)21-24-51-36-42(3)18-33-57(51)70-60(67)73-63(13,14)15;1-28-7-16-43-34(19-28)25-46(50-43)40-13-10-37(22-31(40)4)49(38-11-14-41(32(5)23-38)47-26-35-20-29(2)8-17-44(35)51-47)39-12-15-42(33(6)24-39)48-27-36-21-30(3)9-18-45(36)52-48/h16-18,25-39H,1-15H3;7-27H,1-6H3. The van der Waals surface area contributed by atoms with Crippen molar-refractivity contribution in [2.45, 2.75) is 162 Å². The van der Waals surface area contributed by atoms with E-state index >= 15 is 0 Å². The number of benzene rings is 12. The maximum atomic E-state index is 12.6. The molecule has 3 aromatic heterocycles. The zero-order valence-electron chi connectivity index (χ0n) is 74.8.